The third-order valence-electron chi connectivity index (χ3n) is 5.26. The van der Waals surface area contributed by atoms with Gasteiger partial charge >= 0.3 is 0 Å². The lowest BCUT2D eigenvalue weighted by atomic mass is 10.1. The third kappa shape index (κ3) is 7.94. The number of ether oxygens (including phenoxy) is 1. The maximum atomic E-state index is 13.1. The van der Waals surface area contributed by atoms with Crippen LogP contribution < -0.4 is 10.1 Å². The van der Waals surface area contributed by atoms with Crippen molar-refractivity contribution in [3.63, 3.8) is 0 Å². The minimum absolute atomic E-state index is 0.0414. The molecule has 0 aromatic heterocycles. The summed E-state index contributed by atoms with van der Waals surface area (Å²) in [6, 6.07) is 15.4. The number of benzene rings is 2. The van der Waals surface area contributed by atoms with E-state index in [4.69, 9.17) is 4.74 Å². The van der Waals surface area contributed by atoms with Gasteiger partial charge in [-0.15, -0.1) is 11.8 Å². The van der Waals surface area contributed by atoms with Gasteiger partial charge in [0.05, 0.1) is 12.9 Å². The van der Waals surface area contributed by atoms with Crippen LogP contribution in [-0.2, 0) is 21.9 Å². The number of amides is 2. The fourth-order valence-corrected chi connectivity index (χ4v) is 3.97. The summed E-state index contributed by atoms with van der Waals surface area (Å²) in [6.07, 6.45) is 0.844. The molecule has 2 aromatic carbocycles. The van der Waals surface area contributed by atoms with Crippen molar-refractivity contribution in [2.75, 3.05) is 12.9 Å². The van der Waals surface area contributed by atoms with E-state index in [1.807, 2.05) is 44.2 Å². The van der Waals surface area contributed by atoms with Crippen LogP contribution in [0.5, 0.6) is 5.75 Å². The Morgan fingerprint density at radius 1 is 1.10 bits per heavy atom. The Kier molecular flexibility index (Phi) is 9.92. The van der Waals surface area contributed by atoms with Crippen LogP contribution in [-0.4, -0.2) is 41.7 Å². The van der Waals surface area contributed by atoms with Gasteiger partial charge in [-0.3, -0.25) is 9.59 Å². The highest BCUT2D eigenvalue weighted by Crippen LogP contribution is 2.18. The van der Waals surface area contributed by atoms with Crippen LogP contribution in [0.25, 0.3) is 0 Å². The smallest absolute Gasteiger partial charge is 0.242 e. The average Bonchev–Trinajstić information content (AvgIpc) is 2.77. The van der Waals surface area contributed by atoms with Gasteiger partial charge in [0.25, 0.3) is 0 Å². The number of rotatable bonds is 11. The number of carbonyl (C=O) groups excluding carboxylic acids is 2. The monoisotopic (exact) mass is 442 g/mol. The van der Waals surface area contributed by atoms with E-state index in [0.29, 0.717) is 12.3 Å². The van der Waals surface area contributed by atoms with Gasteiger partial charge in [0.15, 0.2) is 0 Å². The molecular formula is C25H34N2O3S. The molecule has 0 unspecified atom stereocenters. The van der Waals surface area contributed by atoms with Crippen LogP contribution in [0.3, 0.4) is 0 Å². The summed E-state index contributed by atoms with van der Waals surface area (Å²) < 4.78 is 5.22. The lowest BCUT2D eigenvalue weighted by Crippen LogP contribution is -2.50. The molecule has 0 radical (unpaired) electrons. The normalized spacial score (nSPS) is 12.7. The van der Waals surface area contributed by atoms with E-state index in [1.54, 1.807) is 30.7 Å². The molecule has 2 aromatic rings. The molecule has 0 aliphatic heterocycles. The second-order valence-corrected chi connectivity index (χ2v) is 8.83. The van der Waals surface area contributed by atoms with E-state index in [0.717, 1.165) is 23.5 Å². The maximum Gasteiger partial charge on any atom is 0.242 e. The number of thioether (sulfide) groups is 1. The summed E-state index contributed by atoms with van der Waals surface area (Å²) in [5, 5.41) is 3.00. The number of carbonyl (C=O) groups is 2. The van der Waals surface area contributed by atoms with Gasteiger partial charge in [-0.2, -0.15) is 0 Å². The second-order valence-electron chi connectivity index (χ2n) is 7.85. The fraction of sp³-hybridized carbons (Fsp3) is 0.440. The van der Waals surface area contributed by atoms with Crippen molar-refractivity contribution >= 4 is 23.6 Å². The van der Waals surface area contributed by atoms with Crippen molar-refractivity contribution in [3.8, 4) is 5.75 Å². The molecule has 1 N–H and O–H groups in total. The first-order valence-corrected chi connectivity index (χ1v) is 11.9. The van der Waals surface area contributed by atoms with Crippen molar-refractivity contribution in [1.82, 2.24) is 10.2 Å². The van der Waals surface area contributed by atoms with Gasteiger partial charge in [0.2, 0.25) is 11.8 Å². The van der Waals surface area contributed by atoms with Crippen LogP contribution in [0.1, 0.15) is 43.9 Å². The predicted octanol–water partition coefficient (Wildman–Crippen LogP) is 4.57. The van der Waals surface area contributed by atoms with E-state index in [-0.39, 0.29) is 17.9 Å². The quantitative estimate of drug-likeness (QED) is 0.554. The first kappa shape index (κ1) is 24.8. The molecule has 2 rings (SSSR count). The molecule has 0 aliphatic carbocycles. The Morgan fingerprint density at radius 2 is 1.81 bits per heavy atom. The number of methoxy groups -OCH3 is 1. The summed E-state index contributed by atoms with van der Waals surface area (Å²) in [5.74, 6) is 1.68. The zero-order valence-corrected chi connectivity index (χ0v) is 20.0. The van der Waals surface area contributed by atoms with Crippen molar-refractivity contribution in [1.29, 1.82) is 0 Å². The molecule has 0 heterocycles. The number of aryl methyl sites for hydroxylation is 1. The third-order valence-corrected chi connectivity index (χ3v) is 6.25. The predicted molar refractivity (Wildman–Crippen MR) is 128 cm³/mol. The fourth-order valence-electron chi connectivity index (χ4n) is 3.12. The van der Waals surface area contributed by atoms with Gasteiger partial charge in [-0.1, -0.05) is 48.9 Å². The van der Waals surface area contributed by atoms with E-state index < -0.39 is 6.04 Å². The summed E-state index contributed by atoms with van der Waals surface area (Å²) in [4.78, 5) is 27.5. The first-order chi connectivity index (χ1) is 14.8. The second kappa shape index (κ2) is 12.4. The van der Waals surface area contributed by atoms with Crippen LogP contribution in [0.2, 0.25) is 0 Å². The first-order valence-electron chi connectivity index (χ1n) is 10.7. The Bertz CT molecular complexity index is 854. The van der Waals surface area contributed by atoms with E-state index in [9.17, 15) is 9.59 Å². The Hall–Kier alpha value is -2.47. The van der Waals surface area contributed by atoms with Crippen molar-refractivity contribution < 1.29 is 14.3 Å². The lowest BCUT2D eigenvalue weighted by molar-refractivity contribution is -0.138. The summed E-state index contributed by atoms with van der Waals surface area (Å²) in [6.45, 7) is 8.23. The lowest BCUT2D eigenvalue weighted by Gasteiger charge is -2.29. The van der Waals surface area contributed by atoms with Gasteiger partial charge in [-0.25, -0.2) is 0 Å². The molecule has 2 atom stereocenters. The van der Waals surface area contributed by atoms with Crippen LogP contribution in [0.4, 0.5) is 0 Å². The zero-order valence-electron chi connectivity index (χ0n) is 19.2. The van der Waals surface area contributed by atoms with Gasteiger partial charge in [0.1, 0.15) is 11.8 Å². The molecule has 0 fully saturated rings. The minimum atomic E-state index is -0.553. The minimum Gasteiger partial charge on any atom is -0.497 e. The SMILES string of the molecule is CC[C@H](C)NC(=O)[C@@H](C)N(Cc1ccc(OC)cc1)C(=O)CSCc1cccc(C)c1. The highest BCUT2D eigenvalue weighted by atomic mass is 32.2. The molecular weight excluding hydrogens is 408 g/mol. The van der Waals surface area contributed by atoms with Crippen molar-refractivity contribution in [2.45, 2.75) is 58.5 Å². The van der Waals surface area contributed by atoms with E-state index in [1.165, 1.54) is 11.1 Å². The van der Waals surface area contributed by atoms with Crippen molar-refractivity contribution in [2.24, 2.45) is 0 Å². The summed E-state index contributed by atoms with van der Waals surface area (Å²) >= 11 is 1.57. The molecule has 0 saturated heterocycles. The number of hydrogen-bond donors (Lipinski definition) is 1. The van der Waals surface area contributed by atoms with Gasteiger partial charge in [-0.05, 0) is 50.5 Å². The highest BCUT2D eigenvalue weighted by molar-refractivity contribution is 7.99. The molecule has 0 saturated carbocycles. The maximum absolute atomic E-state index is 13.1. The number of hydrogen-bond acceptors (Lipinski definition) is 4. The average molecular weight is 443 g/mol. The van der Waals surface area contributed by atoms with Gasteiger partial charge in [0, 0.05) is 18.3 Å². The van der Waals surface area contributed by atoms with Crippen LogP contribution >= 0.6 is 11.8 Å². The number of nitrogens with one attached hydrogen (secondary N) is 1. The Balaban J connectivity index is 2.08. The largest absolute Gasteiger partial charge is 0.497 e. The molecule has 0 spiro atoms. The standard InChI is InChI=1S/C25H34N2O3S/c1-6-19(3)26-25(29)20(4)27(15-21-10-12-23(30-5)13-11-21)24(28)17-31-16-22-9-7-8-18(2)14-22/h7-14,19-20H,6,15-17H2,1-5H3,(H,26,29)/t19-,20+/m0/s1. The molecule has 0 bridgehead atoms. The molecule has 6 heteroatoms. The zero-order chi connectivity index (χ0) is 22.8. The Labute approximate surface area is 190 Å². The topological polar surface area (TPSA) is 58.6 Å². The van der Waals surface area contributed by atoms with Gasteiger partial charge < -0.3 is 15.0 Å². The van der Waals surface area contributed by atoms with Crippen LogP contribution in [0.15, 0.2) is 48.5 Å². The number of nitrogens with zero attached hydrogens (tertiary/aromatic N) is 1. The van der Waals surface area contributed by atoms with E-state index >= 15 is 0 Å². The highest BCUT2D eigenvalue weighted by Gasteiger charge is 2.26. The molecule has 31 heavy (non-hydrogen) atoms. The molecule has 0 aliphatic rings. The van der Waals surface area contributed by atoms with Crippen molar-refractivity contribution in [3.05, 3.63) is 65.2 Å². The summed E-state index contributed by atoms with van der Waals surface area (Å²) in [5.41, 5.74) is 3.36. The molecule has 168 valence electrons. The summed E-state index contributed by atoms with van der Waals surface area (Å²) in [7, 11) is 1.62. The Morgan fingerprint density at radius 3 is 2.42 bits per heavy atom. The molecule has 5 nitrogen and oxygen atoms in total. The molecule has 2 amide bonds. The van der Waals surface area contributed by atoms with E-state index in [2.05, 4.69) is 30.4 Å². The van der Waals surface area contributed by atoms with Crippen LogP contribution in [0, 0.1) is 6.92 Å².